The van der Waals surface area contributed by atoms with E-state index < -0.39 is 35.1 Å². The minimum Gasteiger partial charge on any atom is -0.330 e. The molecule has 0 fully saturated rings. The Balaban J connectivity index is 1.62. The number of alkyl halides is 3. The largest absolute Gasteiger partial charge is 0.419 e. The van der Waals surface area contributed by atoms with E-state index in [9.17, 15) is 22.4 Å². The number of nitrogens with one attached hydrogen (secondary N) is 2. The summed E-state index contributed by atoms with van der Waals surface area (Å²) in [6.45, 7) is 1.91. The number of hydrogen-bond donors (Lipinski definition) is 2. The van der Waals surface area contributed by atoms with Crippen molar-refractivity contribution in [2.45, 2.75) is 25.6 Å². The first-order chi connectivity index (χ1) is 13.8. The van der Waals surface area contributed by atoms with E-state index >= 15 is 0 Å². The molecule has 0 spiro atoms. The van der Waals surface area contributed by atoms with Gasteiger partial charge in [-0.15, -0.1) is 5.53 Å². The lowest BCUT2D eigenvalue weighted by molar-refractivity contribution is -0.140. The predicted octanol–water partition coefficient (Wildman–Crippen LogP) is 2.61. The highest BCUT2D eigenvalue weighted by atomic mass is 19.4. The molecule has 1 amide bonds. The number of nitrogens with zero attached hydrogens (tertiary/aromatic N) is 4. The number of anilines is 1. The molecular formula is C18H16F4N6O. The zero-order valence-corrected chi connectivity index (χ0v) is 15.2. The molecule has 0 saturated heterocycles. The highest BCUT2D eigenvalue weighted by Crippen LogP contribution is 2.34. The molecule has 3 heterocycles. The smallest absolute Gasteiger partial charge is 0.330 e. The van der Waals surface area contributed by atoms with Crippen LogP contribution in [0.25, 0.3) is 0 Å². The fourth-order valence-electron chi connectivity index (χ4n) is 3.47. The Morgan fingerprint density at radius 3 is 2.62 bits per heavy atom. The fourth-order valence-corrected chi connectivity index (χ4v) is 3.47. The number of halogens is 4. The third-order valence-electron chi connectivity index (χ3n) is 4.91. The Morgan fingerprint density at radius 2 is 1.93 bits per heavy atom. The molecule has 1 atom stereocenters. The van der Waals surface area contributed by atoms with Crippen LogP contribution in [-0.4, -0.2) is 33.4 Å². The molecule has 0 aliphatic carbocycles. The third-order valence-corrected chi connectivity index (χ3v) is 4.91. The Kier molecular flexibility index (Phi) is 4.61. The van der Waals surface area contributed by atoms with Crippen LogP contribution in [0.15, 0.2) is 48.1 Å². The molecule has 152 valence electrons. The standard InChI is InChI=1S/C18H16F4N6O/c1-10-15-13(28(26-25-15)17-23-7-3-8-24-17)6-9-27(10)16(29)11-4-2-5-12(14(11)19)18(20,21)22/h2-5,7-8,10,25-26H,6,9H2,1H3/t10-/m0/s1. The van der Waals surface area contributed by atoms with E-state index in [0.717, 1.165) is 17.8 Å². The van der Waals surface area contributed by atoms with Gasteiger partial charge in [-0.1, -0.05) is 6.07 Å². The van der Waals surface area contributed by atoms with Gasteiger partial charge in [0.15, 0.2) is 0 Å². The first kappa shape index (κ1) is 19.1. The van der Waals surface area contributed by atoms with E-state index in [1.54, 1.807) is 30.4 Å². The summed E-state index contributed by atoms with van der Waals surface area (Å²) in [5.41, 5.74) is 5.24. The summed E-state index contributed by atoms with van der Waals surface area (Å²) >= 11 is 0. The number of benzene rings is 1. The van der Waals surface area contributed by atoms with Gasteiger partial charge in [0.2, 0.25) is 5.95 Å². The molecule has 0 bridgehead atoms. The summed E-state index contributed by atoms with van der Waals surface area (Å²) in [6, 6.07) is 3.86. The number of hydrazine groups is 2. The lowest BCUT2D eigenvalue weighted by atomic mass is 10.0. The van der Waals surface area contributed by atoms with Crippen molar-refractivity contribution in [1.29, 1.82) is 0 Å². The summed E-state index contributed by atoms with van der Waals surface area (Å²) in [5, 5.41) is 1.64. The van der Waals surface area contributed by atoms with Gasteiger partial charge in [-0.05, 0) is 25.1 Å². The second kappa shape index (κ2) is 6.99. The van der Waals surface area contributed by atoms with Crippen molar-refractivity contribution in [3.05, 3.63) is 65.0 Å². The maximum atomic E-state index is 14.4. The summed E-state index contributed by atoms with van der Waals surface area (Å²) < 4.78 is 53.4. The molecule has 2 N–H and O–H groups in total. The molecule has 11 heteroatoms. The number of carbonyl (C=O) groups excluding carboxylic acids is 1. The molecule has 2 aromatic rings. The van der Waals surface area contributed by atoms with Gasteiger partial charge in [-0.3, -0.25) is 4.79 Å². The number of hydrogen-bond acceptors (Lipinski definition) is 6. The van der Waals surface area contributed by atoms with Crippen molar-refractivity contribution < 1.29 is 22.4 Å². The molecule has 0 unspecified atom stereocenters. The van der Waals surface area contributed by atoms with Crippen molar-refractivity contribution in [1.82, 2.24) is 25.8 Å². The summed E-state index contributed by atoms with van der Waals surface area (Å²) in [4.78, 5) is 22.5. The van der Waals surface area contributed by atoms with Crippen LogP contribution in [-0.2, 0) is 6.18 Å². The number of rotatable bonds is 2. The van der Waals surface area contributed by atoms with Crippen molar-refractivity contribution in [2.24, 2.45) is 0 Å². The van der Waals surface area contributed by atoms with Gasteiger partial charge in [-0.25, -0.2) is 19.4 Å². The van der Waals surface area contributed by atoms with Gasteiger partial charge < -0.3 is 10.3 Å². The van der Waals surface area contributed by atoms with Crippen molar-refractivity contribution in [3.63, 3.8) is 0 Å². The SMILES string of the molecule is C[C@H]1C2=C(CCN1C(=O)c1cccc(C(F)(F)F)c1F)N(c1ncccn1)NN2. The second-order valence-electron chi connectivity index (χ2n) is 6.57. The maximum absolute atomic E-state index is 14.4. The molecule has 2 aliphatic rings. The van der Waals surface area contributed by atoms with Crippen LogP contribution < -0.4 is 16.0 Å². The molecule has 2 aliphatic heterocycles. The van der Waals surface area contributed by atoms with Crippen molar-refractivity contribution in [3.8, 4) is 0 Å². The second-order valence-corrected chi connectivity index (χ2v) is 6.57. The Labute approximate surface area is 163 Å². The number of aromatic nitrogens is 2. The van der Waals surface area contributed by atoms with E-state index in [0.29, 0.717) is 24.1 Å². The molecule has 1 aromatic carbocycles. The van der Waals surface area contributed by atoms with Crippen LogP contribution in [0.4, 0.5) is 23.5 Å². The van der Waals surface area contributed by atoms with Gasteiger partial charge in [0.1, 0.15) is 5.82 Å². The van der Waals surface area contributed by atoms with Gasteiger partial charge in [-0.2, -0.15) is 13.2 Å². The summed E-state index contributed by atoms with van der Waals surface area (Å²) in [6.07, 6.45) is -1.33. The number of amides is 1. The summed E-state index contributed by atoms with van der Waals surface area (Å²) in [5.74, 6) is -1.96. The van der Waals surface area contributed by atoms with Gasteiger partial charge in [0.05, 0.1) is 28.6 Å². The molecule has 7 nitrogen and oxygen atoms in total. The van der Waals surface area contributed by atoms with Crippen molar-refractivity contribution >= 4 is 11.9 Å². The zero-order chi connectivity index (χ0) is 20.8. The van der Waals surface area contributed by atoms with E-state index in [4.69, 9.17) is 0 Å². The average molecular weight is 408 g/mol. The predicted molar refractivity (Wildman–Crippen MR) is 94.3 cm³/mol. The van der Waals surface area contributed by atoms with E-state index in [1.165, 1.54) is 4.90 Å². The lowest BCUT2D eigenvalue weighted by Gasteiger charge is -2.34. The first-order valence-electron chi connectivity index (χ1n) is 8.77. The topological polar surface area (TPSA) is 73.4 Å². The minimum atomic E-state index is -4.88. The summed E-state index contributed by atoms with van der Waals surface area (Å²) in [7, 11) is 0. The molecule has 1 aromatic heterocycles. The Hall–Kier alpha value is -3.21. The molecule has 29 heavy (non-hydrogen) atoms. The first-order valence-corrected chi connectivity index (χ1v) is 8.77. The highest BCUT2D eigenvalue weighted by molar-refractivity contribution is 5.95. The quantitative estimate of drug-likeness (QED) is 0.745. The van der Waals surface area contributed by atoms with Crippen LogP contribution >= 0.6 is 0 Å². The average Bonchev–Trinajstić information content (AvgIpc) is 3.13. The molecular weight excluding hydrogens is 392 g/mol. The molecule has 0 saturated carbocycles. The van der Waals surface area contributed by atoms with Gasteiger partial charge in [0, 0.05) is 25.4 Å². The maximum Gasteiger partial charge on any atom is 0.419 e. The monoisotopic (exact) mass is 408 g/mol. The van der Waals surface area contributed by atoms with Crippen LogP contribution in [0, 0.1) is 5.82 Å². The normalized spacial score (nSPS) is 19.3. The Morgan fingerprint density at radius 1 is 1.21 bits per heavy atom. The lowest BCUT2D eigenvalue weighted by Crippen LogP contribution is -2.46. The molecule has 0 radical (unpaired) electrons. The van der Waals surface area contributed by atoms with E-state index in [-0.39, 0.29) is 6.54 Å². The zero-order valence-electron chi connectivity index (χ0n) is 15.2. The van der Waals surface area contributed by atoms with E-state index in [2.05, 4.69) is 20.9 Å². The van der Waals surface area contributed by atoms with Crippen LogP contribution in [0.2, 0.25) is 0 Å². The molecule has 4 rings (SSSR count). The van der Waals surface area contributed by atoms with Crippen LogP contribution in [0.5, 0.6) is 0 Å². The van der Waals surface area contributed by atoms with E-state index in [1.807, 2.05) is 0 Å². The van der Waals surface area contributed by atoms with Crippen molar-refractivity contribution in [2.75, 3.05) is 11.6 Å². The fraction of sp³-hybridized carbons (Fsp3) is 0.278. The van der Waals surface area contributed by atoms with Gasteiger partial charge in [0.25, 0.3) is 5.91 Å². The minimum absolute atomic E-state index is 0.196. The van der Waals surface area contributed by atoms with Crippen LogP contribution in [0.3, 0.4) is 0 Å². The third kappa shape index (κ3) is 3.27. The Bertz CT molecular complexity index is 978. The van der Waals surface area contributed by atoms with Gasteiger partial charge >= 0.3 is 6.18 Å². The van der Waals surface area contributed by atoms with Crippen LogP contribution in [0.1, 0.15) is 29.3 Å². The number of carbonyl (C=O) groups is 1. The highest BCUT2D eigenvalue weighted by Gasteiger charge is 2.40.